The second kappa shape index (κ2) is 3.17. The summed E-state index contributed by atoms with van der Waals surface area (Å²) >= 11 is 0. The molecule has 1 saturated carbocycles. The molecule has 1 aliphatic carbocycles. The van der Waals surface area contributed by atoms with Crippen LogP contribution in [0.1, 0.15) is 40.0 Å². The molecule has 0 N–H and O–H groups in total. The van der Waals surface area contributed by atoms with Crippen LogP contribution in [0, 0.1) is 5.41 Å². The fourth-order valence-corrected chi connectivity index (χ4v) is 2.09. The Labute approximate surface area is 74.3 Å². The van der Waals surface area contributed by atoms with E-state index in [1.807, 2.05) is 0 Å². The van der Waals surface area contributed by atoms with Gasteiger partial charge in [0.15, 0.2) is 6.29 Å². The molecule has 0 amide bonds. The highest BCUT2D eigenvalue weighted by molar-refractivity contribution is 5.65. The van der Waals surface area contributed by atoms with Crippen molar-refractivity contribution in [1.82, 2.24) is 0 Å². The van der Waals surface area contributed by atoms with Crippen molar-refractivity contribution in [2.75, 3.05) is 6.61 Å². The Hall–Kier alpha value is -0.370. The van der Waals surface area contributed by atoms with Crippen LogP contribution in [-0.2, 0) is 9.53 Å². The van der Waals surface area contributed by atoms with E-state index in [-0.39, 0.29) is 0 Å². The predicted octanol–water partition coefficient (Wildman–Crippen LogP) is 2.17. The lowest BCUT2D eigenvalue weighted by molar-refractivity contribution is -0.166. The second-order valence-electron chi connectivity index (χ2n) is 4.55. The highest BCUT2D eigenvalue weighted by Gasteiger charge is 2.50. The lowest BCUT2D eigenvalue weighted by Crippen LogP contribution is -2.52. The molecule has 0 aliphatic heterocycles. The van der Waals surface area contributed by atoms with Crippen LogP contribution < -0.4 is 0 Å². The number of hydrogen-bond donors (Lipinski definition) is 0. The first-order valence-electron chi connectivity index (χ1n) is 4.64. The van der Waals surface area contributed by atoms with Crippen LogP contribution in [0.15, 0.2) is 0 Å². The molecule has 2 heteroatoms. The van der Waals surface area contributed by atoms with Crippen molar-refractivity contribution in [3.63, 3.8) is 0 Å². The summed E-state index contributed by atoms with van der Waals surface area (Å²) in [6.07, 6.45) is 3.72. The van der Waals surface area contributed by atoms with Crippen molar-refractivity contribution < 1.29 is 9.53 Å². The van der Waals surface area contributed by atoms with E-state index in [0.717, 1.165) is 25.5 Å². The zero-order valence-corrected chi connectivity index (χ0v) is 8.22. The number of aldehydes is 1. The minimum absolute atomic E-state index is 0.300. The SMILES string of the molecule is CCCOC1(C=O)CC(C)(C)C1. The Morgan fingerprint density at radius 1 is 1.42 bits per heavy atom. The van der Waals surface area contributed by atoms with Crippen molar-refractivity contribution >= 4 is 6.29 Å². The summed E-state index contributed by atoms with van der Waals surface area (Å²) in [5.41, 5.74) is -0.131. The summed E-state index contributed by atoms with van der Waals surface area (Å²) in [7, 11) is 0. The van der Waals surface area contributed by atoms with E-state index in [9.17, 15) is 4.79 Å². The molecule has 0 atom stereocenters. The van der Waals surface area contributed by atoms with Gasteiger partial charge in [-0.2, -0.15) is 0 Å². The highest BCUT2D eigenvalue weighted by atomic mass is 16.5. The smallest absolute Gasteiger partial charge is 0.151 e. The average molecular weight is 170 g/mol. The Bertz CT molecular complexity index is 165. The fraction of sp³-hybridized carbons (Fsp3) is 0.900. The highest BCUT2D eigenvalue weighted by Crippen LogP contribution is 2.48. The average Bonchev–Trinajstić information content (AvgIpc) is 1.96. The standard InChI is InChI=1S/C10H18O2/c1-4-5-12-10(8-11)6-9(2,3)7-10/h8H,4-7H2,1-3H3. The van der Waals surface area contributed by atoms with Crippen LogP contribution in [0.25, 0.3) is 0 Å². The predicted molar refractivity (Wildman–Crippen MR) is 48.1 cm³/mol. The lowest BCUT2D eigenvalue weighted by atomic mass is 9.62. The molecule has 0 unspecified atom stereocenters. The fourth-order valence-electron chi connectivity index (χ4n) is 2.09. The van der Waals surface area contributed by atoms with Gasteiger partial charge in [0, 0.05) is 6.61 Å². The topological polar surface area (TPSA) is 26.3 Å². The molecule has 1 aliphatic rings. The molecule has 0 radical (unpaired) electrons. The maximum atomic E-state index is 10.8. The van der Waals surface area contributed by atoms with Crippen molar-refractivity contribution in [1.29, 1.82) is 0 Å². The van der Waals surface area contributed by atoms with Gasteiger partial charge in [0.1, 0.15) is 5.60 Å². The van der Waals surface area contributed by atoms with Crippen LogP contribution >= 0.6 is 0 Å². The molecule has 0 bridgehead atoms. The number of carbonyl (C=O) groups excluding carboxylic acids is 1. The van der Waals surface area contributed by atoms with Gasteiger partial charge in [-0.15, -0.1) is 0 Å². The van der Waals surface area contributed by atoms with Crippen LogP contribution in [0.5, 0.6) is 0 Å². The van der Waals surface area contributed by atoms with E-state index in [0.29, 0.717) is 12.0 Å². The minimum Gasteiger partial charge on any atom is -0.367 e. The van der Waals surface area contributed by atoms with Crippen LogP contribution in [0.2, 0.25) is 0 Å². The number of rotatable bonds is 4. The molecule has 1 rings (SSSR count). The zero-order chi connectivity index (χ0) is 9.24. The molecule has 1 fully saturated rings. The molecule has 0 aromatic rings. The van der Waals surface area contributed by atoms with E-state index >= 15 is 0 Å². The molecule has 0 spiro atoms. The van der Waals surface area contributed by atoms with Crippen molar-refractivity contribution in [2.45, 2.75) is 45.6 Å². The van der Waals surface area contributed by atoms with Gasteiger partial charge in [0.2, 0.25) is 0 Å². The van der Waals surface area contributed by atoms with Gasteiger partial charge in [-0.25, -0.2) is 0 Å². The molecule has 12 heavy (non-hydrogen) atoms. The molecule has 0 heterocycles. The van der Waals surface area contributed by atoms with E-state index in [1.54, 1.807) is 0 Å². The lowest BCUT2D eigenvalue weighted by Gasteiger charge is -2.49. The molecule has 70 valence electrons. The maximum Gasteiger partial charge on any atom is 0.151 e. The van der Waals surface area contributed by atoms with Gasteiger partial charge in [-0.1, -0.05) is 20.8 Å². The zero-order valence-electron chi connectivity index (χ0n) is 8.22. The van der Waals surface area contributed by atoms with Crippen molar-refractivity contribution in [3.05, 3.63) is 0 Å². The molecule has 0 aromatic carbocycles. The van der Waals surface area contributed by atoms with Gasteiger partial charge < -0.3 is 9.53 Å². The first kappa shape index (κ1) is 9.72. The number of hydrogen-bond acceptors (Lipinski definition) is 2. The van der Waals surface area contributed by atoms with E-state index in [2.05, 4.69) is 20.8 Å². The first-order valence-corrected chi connectivity index (χ1v) is 4.64. The maximum absolute atomic E-state index is 10.8. The van der Waals surface area contributed by atoms with Gasteiger partial charge in [-0.3, -0.25) is 0 Å². The Morgan fingerprint density at radius 3 is 2.33 bits per heavy atom. The first-order chi connectivity index (χ1) is 5.54. The third-order valence-electron chi connectivity index (χ3n) is 2.36. The Kier molecular flexibility index (Phi) is 2.57. The largest absolute Gasteiger partial charge is 0.367 e. The molecular weight excluding hydrogens is 152 g/mol. The Morgan fingerprint density at radius 2 is 2.00 bits per heavy atom. The monoisotopic (exact) mass is 170 g/mol. The van der Waals surface area contributed by atoms with Gasteiger partial charge >= 0.3 is 0 Å². The minimum atomic E-state index is -0.431. The third kappa shape index (κ3) is 1.86. The van der Waals surface area contributed by atoms with Crippen LogP contribution in [0.3, 0.4) is 0 Å². The summed E-state index contributed by atoms with van der Waals surface area (Å²) in [6, 6.07) is 0. The second-order valence-corrected chi connectivity index (χ2v) is 4.55. The number of carbonyl (C=O) groups is 1. The van der Waals surface area contributed by atoms with Gasteiger partial charge in [0.25, 0.3) is 0 Å². The Balaban J connectivity index is 2.41. The van der Waals surface area contributed by atoms with Crippen LogP contribution in [0.4, 0.5) is 0 Å². The van der Waals surface area contributed by atoms with Gasteiger partial charge in [-0.05, 0) is 24.7 Å². The number of ether oxygens (including phenoxy) is 1. The molecule has 0 aromatic heterocycles. The van der Waals surface area contributed by atoms with E-state index in [1.165, 1.54) is 0 Å². The van der Waals surface area contributed by atoms with Crippen LogP contribution in [-0.4, -0.2) is 18.5 Å². The normalized spacial score (nSPS) is 24.6. The van der Waals surface area contributed by atoms with Gasteiger partial charge in [0.05, 0.1) is 0 Å². The quantitative estimate of drug-likeness (QED) is 0.604. The summed E-state index contributed by atoms with van der Waals surface area (Å²) < 4.78 is 5.53. The third-order valence-corrected chi connectivity index (χ3v) is 2.36. The summed E-state index contributed by atoms with van der Waals surface area (Å²) in [4.78, 5) is 10.8. The van der Waals surface area contributed by atoms with Crippen molar-refractivity contribution in [3.8, 4) is 0 Å². The summed E-state index contributed by atoms with van der Waals surface area (Å²) in [6.45, 7) is 7.10. The molecule has 0 saturated heterocycles. The summed E-state index contributed by atoms with van der Waals surface area (Å²) in [5, 5.41) is 0. The summed E-state index contributed by atoms with van der Waals surface area (Å²) in [5.74, 6) is 0. The van der Waals surface area contributed by atoms with E-state index < -0.39 is 5.60 Å². The molecule has 2 nitrogen and oxygen atoms in total. The molecular formula is C10H18O2. The van der Waals surface area contributed by atoms with Crippen molar-refractivity contribution in [2.24, 2.45) is 5.41 Å². The van der Waals surface area contributed by atoms with E-state index in [4.69, 9.17) is 4.74 Å².